The Kier molecular flexibility index (Phi) is 7.32. The highest BCUT2D eigenvalue weighted by Crippen LogP contribution is 2.47. The molecule has 0 radical (unpaired) electrons. The van der Waals surface area contributed by atoms with Crippen molar-refractivity contribution in [3.05, 3.63) is 12.2 Å². The van der Waals surface area contributed by atoms with Gasteiger partial charge in [0, 0.05) is 0 Å². The topological polar surface area (TPSA) is 43.4 Å². The molecule has 0 aromatic heterocycles. The summed E-state index contributed by atoms with van der Waals surface area (Å²) >= 11 is 0. The van der Waals surface area contributed by atoms with Crippen molar-refractivity contribution in [1.29, 1.82) is 0 Å². The molecule has 0 aromatic carbocycles. The smallest absolute Gasteiger partial charge is 0.324 e. The highest BCUT2D eigenvalue weighted by atomic mass is 16.6. The Labute approximate surface area is 140 Å². The fourth-order valence-electron chi connectivity index (χ4n) is 3.99. The van der Waals surface area contributed by atoms with Gasteiger partial charge in [0.1, 0.15) is 0 Å². The van der Waals surface area contributed by atoms with Gasteiger partial charge in [-0.05, 0) is 19.3 Å². The van der Waals surface area contributed by atoms with Crippen LogP contribution in [0.2, 0.25) is 0 Å². The number of carbonyl (C=O) groups is 2. The van der Waals surface area contributed by atoms with E-state index < -0.39 is 5.41 Å². The van der Waals surface area contributed by atoms with Crippen LogP contribution >= 0.6 is 0 Å². The predicted octanol–water partition coefficient (Wildman–Crippen LogP) is 5.33. The van der Waals surface area contributed by atoms with Gasteiger partial charge in [0.25, 0.3) is 0 Å². The third-order valence-corrected chi connectivity index (χ3v) is 5.46. The molecule has 2 aliphatic rings. The summed E-state index contributed by atoms with van der Waals surface area (Å²) in [5, 5.41) is 0. The molecule has 1 saturated heterocycles. The Morgan fingerprint density at radius 3 is 2.26 bits per heavy atom. The van der Waals surface area contributed by atoms with Gasteiger partial charge in [-0.2, -0.15) is 0 Å². The van der Waals surface area contributed by atoms with Crippen molar-refractivity contribution in [2.24, 2.45) is 11.3 Å². The first-order valence-electron chi connectivity index (χ1n) is 9.64. The van der Waals surface area contributed by atoms with E-state index in [2.05, 4.69) is 6.92 Å². The summed E-state index contributed by atoms with van der Waals surface area (Å²) in [5.41, 5.74) is -0.629. The highest BCUT2D eigenvalue weighted by molar-refractivity contribution is 6.00. The fraction of sp³-hybridized carbons (Fsp3) is 0.800. The summed E-state index contributed by atoms with van der Waals surface area (Å²) in [4.78, 5) is 24.0. The van der Waals surface area contributed by atoms with Crippen molar-refractivity contribution in [2.75, 3.05) is 0 Å². The molecule has 0 saturated carbocycles. The molecule has 3 nitrogen and oxygen atoms in total. The van der Waals surface area contributed by atoms with Gasteiger partial charge in [-0.25, -0.2) is 0 Å². The monoisotopic (exact) mass is 320 g/mol. The lowest BCUT2D eigenvalue weighted by Gasteiger charge is -2.29. The average molecular weight is 320 g/mol. The molecule has 0 aromatic rings. The third-order valence-electron chi connectivity index (χ3n) is 5.46. The SMILES string of the molecule is CCCCCCCCCCCCC12C=CCCC1C(=O)OC2=O. The molecule has 0 spiro atoms. The zero-order chi connectivity index (χ0) is 16.5. The number of carbonyl (C=O) groups excluding carboxylic acids is 2. The van der Waals surface area contributed by atoms with Crippen molar-refractivity contribution in [3.63, 3.8) is 0 Å². The van der Waals surface area contributed by atoms with Gasteiger partial charge in [-0.1, -0.05) is 83.3 Å². The van der Waals surface area contributed by atoms with Crippen LogP contribution < -0.4 is 0 Å². The molecule has 3 heteroatoms. The lowest BCUT2D eigenvalue weighted by atomic mass is 9.69. The quantitative estimate of drug-likeness (QED) is 0.223. The van der Waals surface area contributed by atoms with Crippen LogP contribution in [0.5, 0.6) is 0 Å². The number of esters is 2. The van der Waals surface area contributed by atoms with E-state index in [1.165, 1.54) is 51.4 Å². The van der Waals surface area contributed by atoms with Crippen molar-refractivity contribution >= 4 is 11.9 Å². The standard InChI is InChI=1S/C20H32O3/c1-2-3-4-5-6-7-8-9-10-12-15-20-16-13-11-14-17(20)18(21)23-19(20)22/h13,16-17H,2-12,14-15H2,1H3. The lowest BCUT2D eigenvalue weighted by Crippen LogP contribution is -2.34. The minimum atomic E-state index is -0.629. The summed E-state index contributed by atoms with van der Waals surface area (Å²) < 4.78 is 4.92. The second-order valence-electron chi connectivity index (χ2n) is 7.21. The van der Waals surface area contributed by atoms with E-state index in [0.29, 0.717) is 0 Å². The molecule has 1 heterocycles. The first-order valence-corrected chi connectivity index (χ1v) is 9.64. The average Bonchev–Trinajstić information content (AvgIpc) is 2.81. The summed E-state index contributed by atoms with van der Waals surface area (Å²) in [7, 11) is 0. The summed E-state index contributed by atoms with van der Waals surface area (Å²) in [6.45, 7) is 2.25. The molecule has 2 unspecified atom stereocenters. The fourth-order valence-corrected chi connectivity index (χ4v) is 3.99. The molecule has 1 aliphatic carbocycles. The van der Waals surface area contributed by atoms with E-state index in [9.17, 15) is 9.59 Å². The first kappa shape index (κ1) is 18.2. The van der Waals surface area contributed by atoms with Crippen LogP contribution in [0.15, 0.2) is 12.2 Å². The van der Waals surface area contributed by atoms with Crippen LogP contribution in [-0.4, -0.2) is 11.9 Å². The molecular formula is C20H32O3. The van der Waals surface area contributed by atoms with Crippen LogP contribution in [0, 0.1) is 11.3 Å². The maximum Gasteiger partial charge on any atom is 0.324 e. The van der Waals surface area contributed by atoms with E-state index >= 15 is 0 Å². The molecule has 1 fully saturated rings. The van der Waals surface area contributed by atoms with Crippen molar-refractivity contribution < 1.29 is 14.3 Å². The van der Waals surface area contributed by atoms with Crippen molar-refractivity contribution in [2.45, 2.75) is 90.4 Å². The summed E-state index contributed by atoms with van der Waals surface area (Å²) in [5.74, 6) is -0.829. The van der Waals surface area contributed by atoms with Gasteiger partial charge < -0.3 is 4.74 Å². The molecule has 23 heavy (non-hydrogen) atoms. The Morgan fingerprint density at radius 1 is 1.00 bits per heavy atom. The maximum atomic E-state index is 12.1. The molecule has 0 N–H and O–H groups in total. The number of allylic oxidation sites excluding steroid dienone is 1. The van der Waals surface area contributed by atoms with Crippen molar-refractivity contribution in [3.8, 4) is 0 Å². The number of rotatable bonds is 11. The normalized spacial score (nSPS) is 26.4. The second kappa shape index (κ2) is 9.24. The molecule has 0 amide bonds. The second-order valence-corrected chi connectivity index (χ2v) is 7.21. The minimum Gasteiger partial charge on any atom is -0.392 e. The van der Waals surface area contributed by atoms with Gasteiger partial charge in [0.05, 0.1) is 11.3 Å². The number of hydrogen-bond acceptors (Lipinski definition) is 3. The van der Waals surface area contributed by atoms with Crippen LogP contribution in [0.4, 0.5) is 0 Å². The number of cyclic esters (lactones) is 2. The zero-order valence-electron chi connectivity index (χ0n) is 14.6. The van der Waals surface area contributed by atoms with Crippen LogP contribution in [0.25, 0.3) is 0 Å². The number of unbranched alkanes of at least 4 members (excludes halogenated alkanes) is 9. The molecular weight excluding hydrogens is 288 g/mol. The minimum absolute atomic E-state index is 0.224. The van der Waals surface area contributed by atoms with E-state index in [4.69, 9.17) is 4.74 Å². The highest BCUT2D eigenvalue weighted by Gasteiger charge is 2.55. The van der Waals surface area contributed by atoms with Gasteiger partial charge in [-0.15, -0.1) is 0 Å². The molecule has 2 rings (SSSR count). The Hall–Kier alpha value is -1.12. The molecule has 2 atom stereocenters. The molecule has 130 valence electrons. The Bertz CT molecular complexity index is 427. The Balaban J connectivity index is 1.62. The zero-order valence-corrected chi connectivity index (χ0v) is 14.6. The lowest BCUT2D eigenvalue weighted by molar-refractivity contribution is -0.154. The van der Waals surface area contributed by atoms with Crippen LogP contribution in [-0.2, 0) is 14.3 Å². The van der Waals surface area contributed by atoms with Gasteiger partial charge >= 0.3 is 11.9 Å². The van der Waals surface area contributed by atoms with E-state index in [0.717, 1.165) is 32.1 Å². The van der Waals surface area contributed by atoms with Gasteiger partial charge in [-0.3, -0.25) is 9.59 Å². The largest absolute Gasteiger partial charge is 0.392 e. The van der Waals surface area contributed by atoms with E-state index in [1.807, 2.05) is 12.2 Å². The Morgan fingerprint density at radius 2 is 1.61 bits per heavy atom. The first-order chi connectivity index (χ1) is 11.2. The summed E-state index contributed by atoms with van der Waals surface area (Å²) in [6.07, 6.45) is 19.2. The number of fused-ring (bicyclic) bond motifs is 1. The van der Waals surface area contributed by atoms with Gasteiger partial charge in [0.2, 0.25) is 0 Å². The summed E-state index contributed by atoms with van der Waals surface area (Å²) in [6, 6.07) is 0. The molecule has 0 bridgehead atoms. The van der Waals surface area contributed by atoms with E-state index in [-0.39, 0.29) is 17.9 Å². The van der Waals surface area contributed by atoms with E-state index in [1.54, 1.807) is 0 Å². The van der Waals surface area contributed by atoms with Gasteiger partial charge in [0.15, 0.2) is 0 Å². The third kappa shape index (κ3) is 4.68. The number of ether oxygens (including phenoxy) is 1. The predicted molar refractivity (Wildman–Crippen MR) is 91.9 cm³/mol. The maximum absolute atomic E-state index is 12.1. The van der Waals surface area contributed by atoms with Crippen LogP contribution in [0.1, 0.15) is 90.4 Å². The molecule has 1 aliphatic heterocycles. The number of hydrogen-bond donors (Lipinski definition) is 0. The van der Waals surface area contributed by atoms with Crippen molar-refractivity contribution in [1.82, 2.24) is 0 Å². The van der Waals surface area contributed by atoms with Crippen LogP contribution in [0.3, 0.4) is 0 Å².